The highest BCUT2D eigenvalue weighted by Crippen LogP contribution is 2.42. The van der Waals surface area contributed by atoms with Crippen molar-refractivity contribution in [2.45, 2.75) is 19.8 Å². The first-order valence-electron chi connectivity index (χ1n) is 7.51. The van der Waals surface area contributed by atoms with Gasteiger partial charge in [0.25, 0.3) is 0 Å². The number of pyridine rings is 1. The smallest absolute Gasteiger partial charge is 0.224 e. The molecule has 3 heterocycles. The molecule has 0 radical (unpaired) electrons. The normalized spacial score (nSPS) is 16.6. The Balaban J connectivity index is 1.80. The number of aromatic amines is 1. The summed E-state index contributed by atoms with van der Waals surface area (Å²) in [4.78, 5) is 16.4. The van der Waals surface area contributed by atoms with Crippen LogP contribution in [0.2, 0.25) is 0 Å². The molecule has 5 nitrogen and oxygen atoms in total. The highest BCUT2D eigenvalue weighted by Gasteiger charge is 2.24. The Hall–Kier alpha value is -2.69. The van der Waals surface area contributed by atoms with E-state index in [1.807, 2.05) is 31.7 Å². The largest absolute Gasteiger partial charge is 0.354 e. The maximum absolute atomic E-state index is 4.51. The van der Waals surface area contributed by atoms with Gasteiger partial charge in [-0.15, -0.1) is 0 Å². The molecule has 1 aliphatic carbocycles. The molecular weight excluding hydrogens is 274 g/mol. The number of hydrogen-bond donors (Lipinski definition) is 2. The Morgan fingerprint density at radius 2 is 2.23 bits per heavy atom. The third-order valence-corrected chi connectivity index (χ3v) is 4.21. The molecular formula is C17H17N5. The van der Waals surface area contributed by atoms with E-state index in [-0.39, 0.29) is 0 Å². The first-order chi connectivity index (χ1) is 10.8. The molecule has 2 N–H and O–H groups in total. The lowest BCUT2D eigenvalue weighted by molar-refractivity contribution is 1.00. The second kappa shape index (κ2) is 4.94. The predicted molar refractivity (Wildman–Crippen MR) is 88.6 cm³/mol. The summed E-state index contributed by atoms with van der Waals surface area (Å²) in [6, 6.07) is 2.10. The van der Waals surface area contributed by atoms with Gasteiger partial charge >= 0.3 is 0 Å². The zero-order valence-electron chi connectivity index (χ0n) is 12.6. The van der Waals surface area contributed by atoms with Crippen molar-refractivity contribution in [1.29, 1.82) is 0 Å². The molecule has 1 aliphatic rings. The molecule has 4 rings (SSSR count). The summed E-state index contributed by atoms with van der Waals surface area (Å²) in [6.45, 7) is 5.07. The molecule has 3 aromatic rings. The number of allylic oxidation sites excluding steroid dienone is 1. The number of rotatable bonds is 3. The molecule has 5 heteroatoms. The number of hydrogen-bond acceptors (Lipinski definition) is 4. The van der Waals surface area contributed by atoms with Gasteiger partial charge in [-0.05, 0) is 35.8 Å². The van der Waals surface area contributed by atoms with Crippen LogP contribution in [-0.2, 0) is 0 Å². The SMILES string of the molecule is CCNc1ncc2c(C3=Cc4cnccc4[C@@H]3C)c[nH]c2n1. The van der Waals surface area contributed by atoms with E-state index in [0.29, 0.717) is 11.9 Å². The van der Waals surface area contributed by atoms with Crippen LogP contribution in [0.15, 0.2) is 30.9 Å². The van der Waals surface area contributed by atoms with Crippen LogP contribution in [0.4, 0.5) is 5.95 Å². The molecule has 0 fully saturated rings. The fourth-order valence-electron chi connectivity index (χ4n) is 3.09. The molecule has 110 valence electrons. The fourth-order valence-corrected chi connectivity index (χ4v) is 3.09. The summed E-state index contributed by atoms with van der Waals surface area (Å²) in [5.74, 6) is 1.01. The highest BCUT2D eigenvalue weighted by atomic mass is 15.1. The van der Waals surface area contributed by atoms with Crippen LogP contribution in [0.5, 0.6) is 0 Å². The topological polar surface area (TPSA) is 66.5 Å². The summed E-state index contributed by atoms with van der Waals surface area (Å²) < 4.78 is 0. The van der Waals surface area contributed by atoms with E-state index in [9.17, 15) is 0 Å². The zero-order valence-corrected chi connectivity index (χ0v) is 12.6. The van der Waals surface area contributed by atoms with Crippen molar-refractivity contribution >= 4 is 28.6 Å². The van der Waals surface area contributed by atoms with Gasteiger partial charge in [0.15, 0.2) is 0 Å². The van der Waals surface area contributed by atoms with E-state index < -0.39 is 0 Å². The number of aromatic nitrogens is 4. The Kier molecular flexibility index (Phi) is 2.92. The van der Waals surface area contributed by atoms with Crippen molar-refractivity contribution in [3.05, 3.63) is 47.5 Å². The van der Waals surface area contributed by atoms with Crippen molar-refractivity contribution < 1.29 is 0 Å². The molecule has 3 aromatic heterocycles. The highest BCUT2D eigenvalue weighted by molar-refractivity contribution is 6.00. The Morgan fingerprint density at radius 1 is 1.32 bits per heavy atom. The van der Waals surface area contributed by atoms with E-state index in [1.54, 1.807) is 0 Å². The second-order valence-corrected chi connectivity index (χ2v) is 5.51. The molecule has 0 bridgehead atoms. The van der Waals surface area contributed by atoms with Crippen molar-refractivity contribution in [3.8, 4) is 0 Å². The average Bonchev–Trinajstić information content (AvgIpc) is 3.09. The number of anilines is 1. The lowest BCUT2D eigenvalue weighted by Crippen LogP contribution is -2.01. The van der Waals surface area contributed by atoms with Gasteiger partial charge in [0, 0.05) is 48.2 Å². The van der Waals surface area contributed by atoms with E-state index in [0.717, 1.165) is 17.6 Å². The van der Waals surface area contributed by atoms with Gasteiger partial charge < -0.3 is 10.3 Å². The van der Waals surface area contributed by atoms with Crippen LogP contribution < -0.4 is 5.32 Å². The minimum atomic E-state index is 0.352. The molecule has 0 aliphatic heterocycles. The quantitative estimate of drug-likeness (QED) is 0.775. The average molecular weight is 291 g/mol. The van der Waals surface area contributed by atoms with E-state index in [1.165, 1.54) is 22.3 Å². The summed E-state index contributed by atoms with van der Waals surface area (Å²) in [5.41, 5.74) is 5.84. The number of nitrogens with one attached hydrogen (secondary N) is 2. The molecule has 0 unspecified atom stereocenters. The second-order valence-electron chi connectivity index (χ2n) is 5.51. The summed E-state index contributed by atoms with van der Waals surface area (Å²) in [7, 11) is 0. The molecule has 0 spiro atoms. The van der Waals surface area contributed by atoms with Gasteiger partial charge in [-0.1, -0.05) is 6.92 Å². The van der Waals surface area contributed by atoms with Crippen LogP contribution in [0.25, 0.3) is 22.7 Å². The van der Waals surface area contributed by atoms with Gasteiger partial charge in [0.1, 0.15) is 5.65 Å². The minimum absolute atomic E-state index is 0.352. The van der Waals surface area contributed by atoms with E-state index in [2.05, 4.69) is 44.3 Å². The molecule has 22 heavy (non-hydrogen) atoms. The lowest BCUT2D eigenvalue weighted by atomic mass is 9.94. The first kappa shape index (κ1) is 13.0. The summed E-state index contributed by atoms with van der Waals surface area (Å²) >= 11 is 0. The zero-order chi connectivity index (χ0) is 15.1. The minimum Gasteiger partial charge on any atom is -0.354 e. The number of fused-ring (bicyclic) bond motifs is 2. The molecule has 0 saturated heterocycles. The van der Waals surface area contributed by atoms with Gasteiger partial charge in [0.05, 0.1) is 0 Å². The number of nitrogens with zero attached hydrogens (tertiary/aromatic N) is 3. The van der Waals surface area contributed by atoms with Crippen LogP contribution in [0.1, 0.15) is 36.5 Å². The van der Waals surface area contributed by atoms with E-state index >= 15 is 0 Å². The molecule has 1 atom stereocenters. The first-order valence-corrected chi connectivity index (χ1v) is 7.51. The van der Waals surface area contributed by atoms with Crippen molar-refractivity contribution in [3.63, 3.8) is 0 Å². The van der Waals surface area contributed by atoms with Crippen molar-refractivity contribution in [2.24, 2.45) is 0 Å². The van der Waals surface area contributed by atoms with E-state index in [4.69, 9.17) is 0 Å². The van der Waals surface area contributed by atoms with Crippen molar-refractivity contribution in [2.75, 3.05) is 11.9 Å². The Labute approximate surface area is 128 Å². The molecule has 0 amide bonds. The van der Waals surface area contributed by atoms with Gasteiger partial charge in [-0.2, -0.15) is 4.98 Å². The van der Waals surface area contributed by atoms with Crippen LogP contribution in [0, 0.1) is 0 Å². The third kappa shape index (κ3) is 1.89. The molecule has 0 saturated carbocycles. The van der Waals surface area contributed by atoms with Gasteiger partial charge in [0.2, 0.25) is 5.95 Å². The monoisotopic (exact) mass is 291 g/mol. The van der Waals surface area contributed by atoms with Crippen LogP contribution in [-0.4, -0.2) is 26.5 Å². The maximum Gasteiger partial charge on any atom is 0.224 e. The Morgan fingerprint density at radius 3 is 3.05 bits per heavy atom. The van der Waals surface area contributed by atoms with Crippen LogP contribution >= 0.6 is 0 Å². The summed E-state index contributed by atoms with van der Waals surface area (Å²) in [6.07, 6.45) is 9.91. The van der Waals surface area contributed by atoms with Gasteiger partial charge in [-0.25, -0.2) is 4.98 Å². The van der Waals surface area contributed by atoms with Crippen LogP contribution in [0.3, 0.4) is 0 Å². The molecule has 0 aromatic carbocycles. The number of H-pyrrole nitrogens is 1. The standard InChI is InChI=1S/C17H17N5/c1-3-19-17-21-9-15-14(8-20-16(15)22-17)13-6-11-7-18-5-4-12(11)10(13)2/h4-10H,3H2,1-2H3,(H2,19,20,21,22)/t10-/m0/s1. The van der Waals surface area contributed by atoms with Crippen molar-refractivity contribution in [1.82, 2.24) is 19.9 Å². The fraction of sp³-hybridized carbons (Fsp3) is 0.235. The summed E-state index contributed by atoms with van der Waals surface area (Å²) in [5, 5.41) is 4.19. The Bertz CT molecular complexity index is 878. The predicted octanol–water partition coefficient (Wildman–Crippen LogP) is 3.44. The maximum atomic E-state index is 4.51. The van der Waals surface area contributed by atoms with Gasteiger partial charge in [-0.3, -0.25) is 4.98 Å². The lowest BCUT2D eigenvalue weighted by Gasteiger charge is -2.10. The third-order valence-electron chi connectivity index (χ3n) is 4.21.